The summed E-state index contributed by atoms with van der Waals surface area (Å²) in [6.45, 7) is 3.67. The molecule has 1 amide bonds. The number of carbonyl (C=O) groups is 1. The number of nitrogens with one attached hydrogen (secondary N) is 2. The Balaban J connectivity index is 1.61. The van der Waals surface area contributed by atoms with Crippen molar-refractivity contribution in [2.45, 2.75) is 18.7 Å². The fourth-order valence-electron chi connectivity index (χ4n) is 2.64. The van der Waals surface area contributed by atoms with E-state index in [1.165, 1.54) is 24.3 Å². The van der Waals surface area contributed by atoms with Crippen LogP contribution in [-0.4, -0.2) is 20.0 Å². The number of amides is 1. The third kappa shape index (κ3) is 6.38. The van der Waals surface area contributed by atoms with Gasteiger partial charge >= 0.3 is 0 Å². The molecule has 0 aliphatic rings. The van der Waals surface area contributed by atoms with E-state index in [9.17, 15) is 13.2 Å². The minimum absolute atomic E-state index is 0.174. The molecule has 0 radical (unpaired) electrons. The molecular formula is C24H23N3O3S. The highest BCUT2D eigenvalue weighted by atomic mass is 32.2. The van der Waals surface area contributed by atoms with Gasteiger partial charge in [-0.05, 0) is 61.9 Å². The molecule has 2 N–H and O–H groups in total. The molecule has 31 heavy (non-hydrogen) atoms. The maximum absolute atomic E-state index is 12.5. The van der Waals surface area contributed by atoms with Crippen molar-refractivity contribution in [2.75, 3.05) is 4.72 Å². The number of hydrogen-bond acceptors (Lipinski definition) is 4. The normalized spacial score (nSPS) is 12.0. The quantitative estimate of drug-likeness (QED) is 0.421. The summed E-state index contributed by atoms with van der Waals surface area (Å²) in [5, 5.41) is 4.06. The number of allylic oxidation sites excluding steroid dienone is 1. The second-order valence-electron chi connectivity index (χ2n) is 6.93. The van der Waals surface area contributed by atoms with Crippen molar-refractivity contribution in [3.05, 3.63) is 102 Å². The lowest BCUT2D eigenvalue weighted by Gasteiger charge is -2.09. The molecule has 3 aromatic carbocycles. The monoisotopic (exact) mass is 433 g/mol. The highest BCUT2D eigenvalue weighted by Gasteiger charge is 2.14. The minimum atomic E-state index is -3.69. The van der Waals surface area contributed by atoms with E-state index in [1.54, 1.807) is 37.3 Å². The summed E-state index contributed by atoms with van der Waals surface area (Å²) in [6, 6.07) is 22.5. The van der Waals surface area contributed by atoms with E-state index in [-0.39, 0.29) is 10.8 Å². The lowest BCUT2D eigenvalue weighted by molar-refractivity contribution is 0.0955. The Morgan fingerprint density at radius 3 is 2.19 bits per heavy atom. The topological polar surface area (TPSA) is 87.6 Å². The molecule has 0 saturated heterocycles. The van der Waals surface area contributed by atoms with Crippen LogP contribution in [0.3, 0.4) is 0 Å². The van der Waals surface area contributed by atoms with Crippen molar-refractivity contribution in [3.63, 3.8) is 0 Å². The highest BCUT2D eigenvalue weighted by molar-refractivity contribution is 7.92. The molecule has 0 aliphatic heterocycles. The van der Waals surface area contributed by atoms with Crippen LogP contribution in [0.25, 0.3) is 6.08 Å². The Morgan fingerprint density at radius 2 is 1.55 bits per heavy atom. The van der Waals surface area contributed by atoms with Gasteiger partial charge in [0.05, 0.1) is 10.6 Å². The number of hydrogen-bond donors (Lipinski definition) is 2. The molecule has 6 nitrogen and oxygen atoms in total. The first-order valence-corrected chi connectivity index (χ1v) is 11.1. The summed E-state index contributed by atoms with van der Waals surface area (Å²) in [6.07, 6.45) is 3.71. The Morgan fingerprint density at radius 1 is 0.903 bits per heavy atom. The molecule has 0 heterocycles. The zero-order valence-corrected chi connectivity index (χ0v) is 18.1. The van der Waals surface area contributed by atoms with Crippen LogP contribution in [-0.2, 0) is 10.0 Å². The molecule has 0 fully saturated rings. The van der Waals surface area contributed by atoms with Crippen LogP contribution >= 0.6 is 0 Å². The summed E-state index contributed by atoms with van der Waals surface area (Å²) < 4.78 is 27.4. The van der Waals surface area contributed by atoms with Gasteiger partial charge in [-0.25, -0.2) is 13.8 Å². The summed E-state index contributed by atoms with van der Waals surface area (Å²) in [4.78, 5) is 12.5. The van der Waals surface area contributed by atoms with Gasteiger partial charge in [-0.1, -0.05) is 54.1 Å². The van der Waals surface area contributed by atoms with Gasteiger partial charge in [0.1, 0.15) is 0 Å². The molecule has 0 atom stereocenters. The van der Waals surface area contributed by atoms with Crippen LogP contribution in [0.5, 0.6) is 0 Å². The average molecular weight is 434 g/mol. The molecule has 0 bridgehead atoms. The smallest absolute Gasteiger partial charge is 0.271 e. The number of anilines is 1. The fourth-order valence-corrected chi connectivity index (χ4v) is 3.70. The maximum Gasteiger partial charge on any atom is 0.271 e. The number of rotatable bonds is 7. The van der Waals surface area contributed by atoms with Gasteiger partial charge in [0.2, 0.25) is 0 Å². The van der Waals surface area contributed by atoms with Gasteiger partial charge in [-0.3, -0.25) is 9.52 Å². The summed E-state index contributed by atoms with van der Waals surface area (Å²) in [5.41, 5.74) is 5.87. The molecule has 158 valence electrons. The number of benzene rings is 3. The van der Waals surface area contributed by atoms with Gasteiger partial charge < -0.3 is 0 Å². The third-order valence-corrected chi connectivity index (χ3v) is 5.78. The van der Waals surface area contributed by atoms with Crippen molar-refractivity contribution in [3.8, 4) is 0 Å². The van der Waals surface area contributed by atoms with Crippen molar-refractivity contribution in [2.24, 2.45) is 5.10 Å². The Bertz CT molecular complexity index is 1200. The van der Waals surface area contributed by atoms with Crippen LogP contribution in [0.2, 0.25) is 0 Å². The third-order valence-electron chi connectivity index (χ3n) is 4.38. The Kier molecular flexibility index (Phi) is 6.99. The molecule has 0 aliphatic carbocycles. The molecule has 3 aromatic rings. The summed E-state index contributed by atoms with van der Waals surface area (Å²) in [5.74, 6) is -0.389. The molecule has 0 aromatic heterocycles. The summed E-state index contributed by atoms with van der Waals surface area (Å²) in [7, 11) is -3.69. The van der Waals surface area contributed by atoms with Crippen molar-refractivity contribution in [1.29, 1.82) is 0 Å². The van der Waals surface area contributed by atoms with Crippen molar-refractivity contribution < 1.29 is 13.2 Å². The lowest BCUT2D eigenvalue weighted by Crippen LogP contribution is -2.19. The van der Waals surface area contributed by atoms with Crippen LogP contribution in [0, 0.1) is 6.92 Å². The second kappa shape index (κ2) is 9.86. The van der Waals surface area contributed by atoms with Crippen molar-refractivity contribution >= 4 is 33.4 Å². The maximum atomic E-state index is 12.5. The predicted molar refractivity (Wildman–Crippen MR) is 124 cm³/mol. The predicted octanol–water partition coefficient (Wildman–Crippen LogP) is 4.61. The van der Waals surface area contributed by atoms with Crippen LogP contribution in [0.4, 0.5) is 5.69 Å². The lowest BCUT2D eigenvalue weighted by atomic mass is 10.2. The van der Waals surface area contributed by atoms with E-state index < -0.39 is 10.0 Å². The Hall–Kier alpha value is -3.71. The summed E-state index contributed by atoms with van der Waals surface area (Å²) >= 11 is 0. The van der Waals surface area contributed by atoms with E-state index in [4.69, 9.17) is 0 Å². The van der Waals surface area contributed by atoms with Gasteiger partial charge in [-0.2, -0.15) is 5.10 Å². The number of sulfonamides is 1. The number of hydrazone groups is 1. The standard InChI is InChI=1S/C24H23N3O3S/c1-18-8-16-23(17-9-18)31(29,30)27-22-14-12-21(13-15-22)24(28)26-25-19(2)10-11-20-6-4-3-5-7-20/h3-17,27H,1-2H3,(H,26,28)/b11-10+,25-19+. The Labute approximate surface area is 182 Å². The molecule has 3 rings (SSSR count). The first-order valence-electron chi connectivity index (χ1n) is 9.61. The molecule has 0 unspecified atom stereocenters. The molecule has 7 heteroatoms. The first-order chi connectivity index (χ1) is 14.8. The number of aryl methyl sites for hydroxylation is 1. The highest BCUT2D eigenvalue weighted by Crippen LogP contribution is 2.17. The van der Waals surface area contributed by atoms with Crippen molar-refractivity contribution in [1.82, 2.24) is 5.43 Å². The van der Waals surface area contributed by atoms with Crippen LogP contribution < -0.4 is 10.1 Å². The molecular weight excluding hydrogens is 410 g/mol. The SMILES string of the molecule is CC(/C=C/c1ccccc1)=N\NC(=O)c1ccc(NS(=O)(=O)c2ccc(C)cc2)cc1. The number of carbonyl (C=O) groups excluding carboxylic acids is 1. The van der Waals surface area contributed by atoms with Gasteiger partial charge in [-0.15, -0.1) is 0 Å². The molecule has 0 spiro atoms. The average Bonchev–Trinajstić information content (AvgIpc) is 2.77. The van der Waals surface area contributed by atoms with Crippen LogP contribution in [0.15, 0.2) is 94.9 Å². The van der Waals surface area contributed by atoms with Crippen LogP contribution in [0.1, 0.15) is 28.4 Å². The largest absolute Gasteiger partial charge is 0.280 e. The minimum Gasteiger partial charge on any atom is -0.280 e. The zero-order chi connectivity index (χ0) is 22.3. The van der Waals surface area contributed by atoms with E-state index in [1.807, 2.05) is 43.3 Å². The van der Waals surface area contributed by atoms with E-state index in [0.717, 1.165) is 11.1 Å². The first kappa shape index (κ1) is 22.0. The zero-order valence-electron chi connectivity index (χ0n) is 17.2. The number of nitrogens with zero attached hydrogens (tertiary/aromatic N) is 1. The van der Waals surface area contributed by atoms with Gasteiger partial charge in [0.25, 0.3) is 15.9 Å². The molecule has 0 saturated carbocycles. The second-order valence-corrected chi connectivity index (χ2v) is 8.62. The van der Waals surface area contributed by atoms with Gasteiger partial charge in [0, 0.05) is 11.3 Å². The van der Waals surface area contributed by atoms with E-state index in [2.05, 4.69) is 15.2 Å². The van der Waals surface area contributed by atoms with E-state index in [0.29, 0.717) is 17.0 Å². The van der Waals surface area contributed by atoms with E-state index >= 15 is 0 Å². The van der Waals surface area contributed by atoms with Gasteiger partial charge in [0.15, 0.2) is 0 Å². The fraction of sp³-hybridized carbons (Fsp3) is 0.0833.